The van der Waals surface area contributed by atoms with Gasteiger partial charge < -0.3 is 24.0 Å². The predicted octanol–water partition coefficient (Wildman–Crippen LogP) is 2.92. The summed E-state index contributed by atoms with van der Waals surface area (Å²) in [7, 11) is 1.50. The predicted molar refractivity (Wildman–Crippen MR) is 122 cm³/mol. The van der Waals surface area contributed by atoms with E-state index in [1.807, 2.05) is 4.90 Å². The molecule has 2 amide bonds. The molecule has 182 valence electrons. The van der Waals surface area contributed by atoms with Crippen LogP contribution in [0.2, 0.25) is 0 Å². The second kappa shape index (κ2) is 10.8. The molecule has 2 saturated heterocycles. The molecule has 4 rings (SSSR count). The quantitative estimate of drug-likeness (QED) is 0.618. The van der Waals surface area contributed by atoms with Crippen LogP contribution in [-0.2, 0) is 9.53 Å². The number of aromatic nitrogens is 1. The Labute approximate surface area is 198 Å². The summed E-state index contributed by atoms with van der Waals surface area (Å²) in [5.74, 6) is 0.256. The third kappa shape index (κ3) is 5.83. The standard InChI is InChI=1S/C25H30FN3O5/c1-32-22-15-19(9-10-27-22)24(31)29-13-14-34-25(17-29,16-23(30)28-11-3-2-4-12-28)18-33-21-7-5-20(26)6-8-21/h5-10,15H,2-4,11-14,16-18H2,1H3/t25-/m1/s1. The van der Waals surface area contributed by atoms with E-state index in [1.165, 1.54) is 37.6 Å². The number of carbonyl (C=O) groups is 2. The Morgan fingerprint density at radius 1 is 1.09 bits per heavy atom. The van der Waals surface area contributed by atoms with Crippen molar-refractivity contribution in [2.24, 2.45) is 0 Å². The third-order valence-electron chi connectivity index (χ3n) is 6.22. The van der Waals surface area contributed by atoms with Crippen molar-refractivity contribution in [3.63, 3.8) is 0 Å². The number of morpholine rings is 1. The molecule has 2 fully saturated rings. The van der Waals surface area contributed by atoms with Crippen molar-refractivity contribution in [2.75, 3.05) is 46.5 Å². The van der Waals surface area contributed by atoms with Crippen LogP contribution in [-0.4, -0.2) is 78.7 Å². The maximum atomic E-state index is 13.3. The Balaban J connectivity index is 1.53. The maximum Gasteiger partial charge on any atom is 0.254 e. The molecule has 34 heavy (non-hydrogen) atoms. The lowest BCUT2D eigenvalue weighted by atomic mass is 9.95. The van der Waals surface area contributed by atoms with Crippen molar-refractivity contribution in [1.82, 2.24) is 14.8 Å². The van der Waals surface area contributed by atoms with Gasteiger partial charge in [-0.1, -0.05) is 0 Å². The molecule has 8 nitrogen and oxygen atoms in total. The highest BCUT2D eigenvalue weighted by Gasteiger charge is 2.42. The number of rotatable bonds is 7. The number of ether oxygens (including phenoxy) is 3. The molecular weight excluding hydrogens is 441 g/mol. The van der Waals surface area contributed by atoms with Crippen LogP contribution in [0.3, 0.4) is 0 Å². The van der Waals surface area contributed by atoms with Crippen LogP contribution in [0.15, 0.2) is 42.6 Å². The van der Waals surface area contributed by atoms with Gasteiger partial charge in [-0.3, -0.25) is 9.59 Å². The van der Waals surface area contributed by atoms with E-state index >= 15 is 0 Å². The maximum absolute atomic E-state index is 13.3. The number of hydrogen-bond acceptors (Lipinski definition) is 6. The van der Waals surface area contributed by atoms with Crippen LogP contribution < -0.4 is 9.47 Å². The molecule has 2 aliphatic heterocycles. The van der Waals surface area contributed by atoms with Crippen molar-refractivity contribution < 1.29 is 28.2 Å². The minimum Gasteiger partial charge on any atom is -0.490 e. The van der Waals surface area contributed by atoms with E-state index in [1.54, 1.807) is 17.0 Å². The van der Waals surface area contributed by atoms with Gasteiger partial charge in [-0.25, -0.2) is 9.37 Å². The van der Waals surface area contributed by atoms with Gasteiger partial charge in [-0.2, -0.15) is 0 Å². The number of methoxy groups -OCH3 is 1. The van der Waals surface area contributed by atoms with Crippen LogP contribution >= 0.6 is 0 Å². The van der Waals surface area contributed by atoms with E-state index in [4.69, 9.17) is 14.2 Å². The van der Waals surface area contributed by atoms with Crippen molar-refractivity contribution in [3.05, 3.63) is 54.0 Å². The van der Waals surface area contributed by atoms with Gasteiger partial charge in [0, 0.05) is 37.5 Å². The van der Waals surface area contributed by atoms with Gasteiger partial charge in [0.2, 0.25) is 11.8 Å². The zero-order valence-electron chi connectivity index (χ0n) is 19.4. The average molecular weight is 472 g/mol. The van der Waals surface area contributed by atoms with Gasteiger partial charge >= 0.3 is 0 Å². The normalized spacial score (nSPS) is 20.6. The van der Waals surface area contributed by atoms with E-state index in [-0.39, 0.29) is 43.8 Å². The topological polar surface area (TPSA) is 81.2 Å². The van der Waals surface area contributed by atoms with E-state index in [2.05, 4.69) is 4.98 Å². The summed E-state index contributed by atoms with van der Waals surface area (Å²) in [6.07, 6.45) is 4.71. The van der Waals surface area contributed by atoms with Crippen LogP contribution in [0.1, 0.15) is 36.0 Å². The summed E-state index contributed by atoms with van der Waals surface area (Å²) in [5, 5.41) is 0. The Morgan fingerprint density at radius 3 is 2.59 bits per heavy atom. The lowest BCUT2D eigenvalue weighted by Crippen LogP contribution is -2.58. The minimum atomic E-state index is -1.02. The molecule has 2 aliphatic rings. The first-order chi connectivity index (χ1) is 16.5. The smallest absolute Gasteiger partial charge is 0.254 e. The van der Waals surface area contributed by atoms with Crippen LogP contribution in [0.25, 0.3) is 0 Å². The first-order valence-electron chi connectivity index (χ1n) is 11.6. The van der Waals surface area contributed by atoms with Gasteiger partial charge in [0.15, 0.2) is 0 Å². The molecule has 0 N–H and O–H groups in total. The van der Waals surface area contributed by atoms with Crippen LogP contribution in [0, 0.1) is 5.82 Å². The third-order valence-corrected chi connectivity index (χ3v) is 6.22. The SMILES string of the molecule is COc1cc(C(=O)N2CCO[C@](COc3ccc(F)cc3)(CC(=O)N3CCCCC3)C2)ccn1. The summed E-state index contributed by atoms with van der Waals surface area (Å²) in [6.45, 7) is 2.37. The summed E-state index contributed by atoms with van der Waals surface area (Å²) < 4.78 is 30.5. The molecule has 0 unspecified atom stereocenters. The van der Waals surface area contributed by atoms with E-state index in [9.17, 15) is 14.0 Å². The second-order valence-electron chi connectivity index (χ2n) is 8.71. The number of piperidine rings is 1. The zero-order chi connectivity index (χ0) is 24.0. The fourth-order valence-corrected chi connectivity index (χ4v) is 4.38. The van der Waals surface area contributed by atoms with Crippen molar-refractivity contribution in [2.45, 2.75) is 31.3 Å². The van der Waals surface area contributed by atoms with Gasteiger partial charge in [-0.05, 0) is 49.6 Å². The highest BCUT2D eigenvalue weighted by molar-refractivity contribution is 5.94. The molecule has 3 heterocycles. The summed E-state index contributed by atoms with van der Waals surface area (Å²) in [6, 6.07) is 8.92. The molecule has 0 bridgehead atoms. The largest absolute Gasteiger partial charge is 0.490 e. The highest BCUT2D eigenvalue weighted by Crippen LogP contribution is 2.27. The molecule has 2 aromatic rings. The van der Waals surface area contributed by atoms with E-state index in [0.29, 0.717) is 23.7 Å². The molecule has 1 aromatic heterocycles. The molecule has 0 radical (unpaired) electrons. The molecular formula is C25H30FN3O5. The fourth-order valence-electron chi connectivity index (χ4n) is 4.38. The van der Waals surface area contributed by atoms with Crippen molar-refractivity contribution in [3.8, 4) is 11.6 Å². The van der Waals surface area contributed by atoms with Gasteiger partial charge in [-0.15, -0.1) is 0 Å². The molecule has 0 aliphatic carbocycles. The van der Waals surface area contributed by atoms with E-state index < -0.39 is 5.60 Å². The van der Waals surface area contributed by atoms with Crippen LogP contribution in [0.5, 0.6) is 11.6 Å². The summed E-state index contributed by atoms with van der Waals surface area (Å²) in [4.78, 5) is 34.0. The van der Waals surface area contributed by atoms with Gasteiger partial charge in [0.1, 0.15) is 23.8 Å². The number of nitrogens with zero attached hydrogens (tertiary/aromatic N) is 3. The molecule has 0 spiro atoms. The van der Waals surface area contributed by atoms with Crippen LogP contribution in [0.4, 0.5) is 4.39 Å². The fraction of sp³-hybridized carbons (Fsp3) is 0.480. The van der Waals surface area contributed by atoms with Gasteiger partial charge in [0.05, 0.1) is 26.7 Å². The Morgan fingerprint density at radius 2 is 1.85 bits per heavy atom. The molecule has 1 aromatic carbocycles. The number of carbonyl (C=O) groups excluding carboxylic acids is 2. The number of benzene rings is 1. The number of pyridine rings is 1. The summed E-state index contributed by atoms with van der Waals surface area (Å²) >= 11 is 0. The number of halogens is 1. The van der Waals surface area contributed by atoms with E-state index in [0.717, 1.165) is 32.4 Å². The Kier molecular flexibility index (Phi) is 7.62. The highest BCUT2D eigenvalue weighted by atomic mass is 19.1. The van der Waals surface area contributed by atoms with Gasteiger partial charge in [0.25, 0.3) is 5.91 Å². The lowest BCUT2D eigenvalue weighted by Gasteiger charge is -2.43. The monoisotopic (exact) mass is 471 g/mol. The number of amides is 2. The minimum absolute atomic E-state index is 0.0118. The number of likely N-dealkylation sites (tertiary alicyclic amines) is 1. The van der Waals surface area contributed by atoms with Crippen molar-refractivity contribution in [1.29, 1.82) is 0 Å². The zero-order valence-corrected chi connectivity index (χ0v) is 19.4. The molecule has 9 heteroatoms. The average Bonchev–Trinajstić information content (AvgIpc) is 2.88. The summed E-state index contributed by atoms with van der Waals surface area (Å²) in [5.41, 5.74) is -0.571. The Hall–Kier alpha value is -3.20. The first kappa shape index (κ1) is 23.9. The first-order valence-corrected chi connectivity index (χ1v) is 11.6. The van der Waals surface area contributed by atoms with Crippen molar-refractivity contribution >= 4 is 11.8 Å². The number of hydrogen-bond donors (Lipinski definition) is 0. The molecule has 0 saturated carbocycles. The lowest BCUT2D eigenvalue weighted by molar-refractivity contribution is -0.153. The Bertz CT molecular complexity index is 996. The second-order valence-corrected chi connectivity index (χ2v) is 8.71. The molecule has 1 atom stereocenters.